The molecule has 0 radical (unpaired) electrons. The Morgan fingerprint density at radius 2 is 1.82 bits per heavy atom. The van der Waals surface area contributed by atoms with E-state index in [4.69, 9.17) is 0 Å². The molecule has 0 saturated heterocycles. The van der Waals surface area contributed by atoms with Gasteiger partial charge in [-0.15, -0.1) is 0 Å². The first-order valence-electron chi connectivity index (χ1n) is 5.87. The summed E-state index contributed by atoms with van der Waals surface area (Å²) in [5.41, 5.74) is 2.35. The van der Waals surface area contributed by atoms with E-state index in [9.17, 15) is 9.59 Å². The molecule has 0 aromatic heterocycles. The number of nitrogens with zero attached hydrogens (tertiary/aromatic N) is 1. The van der Waals surface area contributed by atoms with Gasteiger partial charge >= 0.3 is 0 Å². The molecule has 1 aliphatic heterocycles. The predicted octanol–water partition coefficient (Wildman–Crippen LogP) is 2.53. The maximum atomic E-state index is 11.9. The van der Waals surface area contributed by atoms with Gasteiger partial charge in [0.1, 0.15) is 0 Å². The number of likely N-dealkylation sites (N-methyl/N-ethyl adjacent to an activating group) is 1. The average molecular weight is 231 g/mol. The highest BCUT2D eigenvalue weighted by Crippen LogP contribution is 2.33. The summed E-state index contributed by atoms with van der Waals surface area (Å²) in [5, 5.41) is 0. The highest BCUT2D eigenvalue weighted by Gasteiger charge is 2.35. The van der Waals surface area contributed by atoms with Crippen molar-refractivity contribution in [3.8, 4) is 0 Å². The third-order valence-electron chi connectivity index (χ3n) is 3.15. The second-order valence-electron chi connectivity index (χ2n) is 5.36. The lowest BCUT2D eigenvalue weighted by Crippen LogP contribution is -2.29. The van der Waals surface area contributed by atoms with Crippen LogP contribution >= 0.6 is 0 Å². The molecule has 0 N–H and O–H groups in total. The maximum Gasteiger partial charge on any atom is 0.299 e. The van der Waals surface area contributed by atoms with Crippen LogP contribution in [0.4, 0.5) is 5.69 Å². The molecule has 90 valence electrons. The number of fused-ring (bicyclic) bond motifs is 1. The molecule has 1 aromatic rings. The van der Waals surface area contributed by atoms with Crippen LogP contribution in [-0.2, 0) is 10.2 Å². The summed E-state index contributed by atoms with van der Waals surface area (Å²) in [5.74, 6) is -0.790. The van der Waals surface area contributed by atoms with E-state index in [2.05, 4.69) is 20.8 Å². The number of carbonyl (C=O) groups is 2. The van der Waals surface area contributed by atoms with E-state index >= 15 is 0 Å². The minimum atomic E-state index is -0.409. The largest absolute Gasteiger partial charge is 0.305 e. The number of Topliss-reactive ketones (excluding diaryl/α,β-unsaturated/α-hetero) is 1. The van der Waals surface area contributed by atoms with Gasteiger partial charge in [0, 0.05) is 6.54 Å². The first-order valence-corrected chi connectivity index (χ1v) is 5.87. The predicted molar refractivity (Wildman–Crippen MR) is 67.5 cm³/mol. The second-order valence-corrected chi connectivity index (χ2v) is 5.36. The number of carbonyl (C=O) groups excluding carboxylic acids is 2. The Balaban J connectivity index is 2.56. The second kappa shape index (κ2) is 3.69. The number of anilines is 1. The first-order chi connectivity index (χ1) is 7.86. The Kier molecular flexibility index (Phi) is 2.57. The van der Waals surface area contributed by atoms with E-state index in [0.717, 1.165) is 11.3 Å². The van der Waals surface area contributed by atoms with E-state index in [1.54, 1.807) is 0 Å². The summed E-state index contributed by atoms with van der Waals surface area (Å²) in [6, 6.07) is 5.72. The summed E-state index contributed by atoms with van der Waals surface area (Å²) in [7, 11) is 0. The Labute approximate surface area is 101 Å². The van der Waals surface area contributed by atoms with Gasteiger partial charge in [-0.1, -0.05) is 26.8 Å². The van der Waals surface area contributed by atoms with Crippen molar-refractivity contribution in [2.24, 2.45) is 0 Å². The summed E-state index contributed by atoms with van der Waals surface area (Å²) >= 11 is 0. The molecule has 0 unspecified atom stereocenters. The number of hydrogen-bond donors (Lipinski definition) is 0. The van der Waals surface area contributed by atoms with Crippen molar-refractivity contribution in [2.75, 3.05) is 11.4 Å². The molecule has 2 rings (SSSR count). The summed E-state index contributed by atoms with van der Waals surface area (Å²) in [4.78, 5) is 25.1. The third kappa shape index (κ3) is 1.75. The molecule has 0 saturated carbocycles. The zero-order valence-corrected chi connectivity index (χ0v) is 10.7. The lowest BCUT2D eigenvalue weighted by atomic mass is 9.86. The molecule has 3 heteroatoms. The van der Waals surface area contributed by atoms with Gasteiger partial charge in [-0.05, 0) is 30.0 Å². The molecule has 0 bridgehead atoms. The molecule has 1 heterocycles. The summed E-state index contributed by atoms with van der Waals surface area (Å²) in [6.07, 6.45) is 0. The molecule has 0 fully saturated rings. The van der Waals surface area contributed by atoms with Gasteiger partial charge in [0.25, 0.3) is 11.7 Å². The number of benzene rings is 1. The van der Waals surface area contributed by atoms with Crippen molar-refractivity contribution in [1.82, 2.24) is 0 Å². The van der Waals surface area contributed by atoms with Gasteiger partial charge in [-0.3, -0.25) is 9.59 Å². The Morgan fingerprint density at radius 3 is 2.35 bits per heavy atom. The van der Waals surface area contributed by atoms with Gasteiger partial charge < -0.3 is 4.90 Å². The third-order valence-corrected chi connectivity index (χ3v) is 3.15. The van der Waals surface area contributed by atoms with Crippen LogP contribution in [-0.4, -0.2) is 18.2 Å². The fourth-order valence-corrected chi connectivity index (χ4v) is 2.08. The van der Waals surface area contributed by atoms with E-state index < -0.39 is 5.91 Å². The van der Waals surface area contributed by atoms with Crippen LogP contribution in [0, 0.1) is 0 Å². The molecule has 3 nitrogen and oxygen atoms in total. The Bertz CT molecular complexity index is 497. The van der Waals surface area contributed by atoms with Gasteiger partial charge in [0.2, 0.25) is 0 Å². The van der Waals surface area contributed by atoms with Gasteiger partial charge in [0.05, 0.1) is 11.3 Å². The smallest absolute Gasteiger partial charge is 0.299 e. The zero-order valence-electron chi connectivity index (χ0n) is 10.7. The summed E-state index contributed by atoms with van der Waals surface area (Å²) < 4.78 is 0. The van der Waals surface area contributed by atoms with E-state index in [1.165, 1.54) is 4.90 Å². The molecular formula is C14H17NO2. The minimum Gasteiger partial charge on any atom is -0.305 e. The highest BCUT2D eigenvalue weighted by atomic mass is 16.2. The van der Waals surface area contributed by atoms with Crippen LogP contribution in [0.5, 0.6) is 0 Å². The minimum absolute atomic E-state index is 0.0159. The van der Waals surface area contributed by atoms with E-state index in [0.29, 0.717) is 12.1 Å². The van der Waals surface area contributed by atoms with Crippen LogP contribution in [0.3, 0.4) is 0 Å². The van der Waals surface area contributed by atoms with Crippen LogP contribution in [0.15, 0.2) is 18.2 Å². The monoisotopic (exact) mass is 231 g/mol. The molecular weight excluding hydrogens is 214 g/mol. The van der Waals surface area contributed by atoms with Crippen molar-refractivity contribution < 1.29 is 9.59 Å². The quantitative estimate of drug-likeness (QED) is 0.696. The fraction of sp³-hybridized carbons (Fsp3) is 0.429. The zero-order chi connectivity index (χ0) is 12.8. The average Bonchev–Trinajstić information content (AvgIpc) is 2.50. The van der Waals surface area contributed by atoms with E-state index in [1.807, 2.05) is 25.1 Å². The normalized spacial score (nSPS) is 15.4. The van der Waals surface area contributed by atoms with Gasteiger partial charge in [-0.2, -0.15) is 0 Å². The van der Waals surface area contributed by atoms with Gasteiger partial charge in [0.15, 0.2) is 0 Å². The standard InChI is InChI=1S/C14H17NO2/c1-5-15-11-7-6-9(14(2,3)4)8-10(11)12(16)13(15)17/h6-8H,5H2,1-4H3. The topological polar surface area (TPSA) is 37.4 Å². The molecule has 0 spiro atoms. The van der Waals surface area contributed by atoms with Crippen LogP contribution in [0.2, 0.25) is 0 Å². The summed E-state index contributed by atoms with van der Waals surface area (Å²) in [6.45, 7) is 8.68. The number of ketones is 1. The van der Waals surface area contributed by atoms with Crippen molar-refractivity contribution in [3.05, 3.63) is 29.3 Å². The molecule has 0 aliphatic carbocycles. The lowest BCUT2D eigenvalue weighted by molar-refractivity contribution is -0.114. The van der Waals surface area contributed by atoms with Crippen LogP contribution in [0.25, 0.3) is 0 Å². The lowest BCUT2D eigenvalue weighted by Gasteiger charge is -2.20. The number of rotatable bonds is 1. The number of amides is 1. The van der Waals surface area contributed by atoms with Crippen molar-refractivity contribution in [1.29, 1.82) is 0 Å². The highest BCUT2D eigenvalue weighted by molar-refractivity contribution is 6.52. The molecule has 17 heavy (non-hydrogen) atoms. The molecule has 1 aliphatic rings. The molecule has 1 aromatic carbocycles. The van der Waals surface area contributed by atoms with E-state index in [-0.39, 0.29) is 11.2 Å². The molecule has 1 amide bonds. The van der Waals surface area contributed by atoms with Crippen LogP contribution < -0.4 is 4.90 Å². The van der Waals surface area contributed by atoms with Crippen molar-refractivity contribution in [3.63, 3.8) is 0 Å². The maximum absolute atomic E-state index is 11.9. The molecule has 0 atom stereocenters. The van der Waals surface area contributed by atoms with Crippen LogP contribution in [0.1, 0.15) is 43.6 Å². The first kappa shape index (κ1) is 11.8. The Hall–Kier alpha value is -1.64. The number of hydrogen-bond acceptors (Lipinski definition) is 2. The SMILES string of the molecule is CCN1C(=O)C(=O)c2cc(C(C)(C)C)ccc21. The van der Waals surface area contributed by atoms with Crippen molar-refractivity contribution >= 4 is 17.4 Å². The van der Waals surface area contributed by atoms with Gasteiger partial charge in [-0.25, -0.2) is 0 Å². The van der Waals surface area contributed by atoms with Crippen molar-refractivity contribution in [2.45, 2.75) is 33.1 Å². The fourth-order valence-electron chi connectivity index (χ4n) is 2.08. The Morgan fingerprint density at radius 1 is 1.18 bits per heavy atom.